The number of ether oxygens (including phenoxy) is 2. The Morgan fingerprint density at radius 2 is 0.913 bits per heavy atom. The van der Waals surface area contributed by atoms with Crippen molar-refractivity contribution in [3.63, 3.8) is 0 Å². The highest BCUT2D eigenvalue weighted by atomic mass is 16.5. The van der Waals surface area contributed by atoms with E-state index in [0.717, 1.165) is 70.2 Å². The van der Waals surface area contributed by atoms with Crippen molar-refractivity contribution in [2.45, 2.75) is 71.9 Å². The van der Waals surface area contributed by atoms with Crippen LogP contribution in [0.5, 0.6) is 0 Å². The molecule has 0 radical (unpaired) electrons. The smallest absolute Gasteiger partial charge is 0.0641 e. The molecule has 0 bridgehead atoms. The fraction of sp³-hybridized carbons (Fsp3) is 0.415. The number of hydrogen-bond donors (Lipinski definition) is 1. The molecule has 0 atom stereocenters. The van der Waals surface area contributed by atoms with E-state index in [1.54, 1.807) is 0 Å². The molecule has 0 saturated carbocycles. The van der Waals surface area contributed by atoms with Gasteiger partial charge in [-0.05, 0) is 107 Å². The van der Waals surface area contributed by atoms with Gasteiger partial charge >= 0.3 is 0 Å². The van der Waals surface area contributed by atoms with E-state index in [1.807, 2.05) is 18.2 Å². The molecule has 0 aliphatic rings. The second kappa shape index (κ2) is 19.7. The van der Waals surface area contributed by atoms with Gasteiger partial charge in [0.15, 0.2) is 0 Å². The minimum absolute atomic E-state index is 0.412. The maximum Gasteiger partial charge on any atom is 0.0641 e. The molecule has 4 aromatic rings. The summed E-state index contributed by atoms with van der Waals surface area (Å²) in [7, 11) is 0. The molecule has 4 rings (SSSR count). The number of hydrogen-bond acceptors (Lipinski definition) is 5. The van der Waals surface area contributed by atoms with Crippen LogP contribution < -0.4 is 15.1 Å². The number of rotatable bonds is 21. The molecule has 5 nitrogen and oxygen atoms in total. The molecule has 0 aromatic heterocycles. The number of anilines is 4. The molecule has 0 spiro atoms. The summed E-state index contributed by atoms with van der Waals surface area (Å²) in [6.07, 6.45) is 5.54. The Hall–Kier alpha value is -3.80. The van der Waals surface area contributed by atoms with Gasteiger partial charge in [-0.2, -0.15) is 0 Å². The Kier molecular flexibility index (Phi) is 15.0. The van der Waals surface area contributed by atoms with Crippen LogP contribution in [-0.4, -0.2) is 51.6 Å². The summed E-state index contributed by atoms with van der Waals surface area (Å²) in [6, 6.07) is 39.5. The van der Waals surface area contributed by atoms with Gasteiger partial charge in [0.05, 0.1) is 13.2 Å². The van der Waals surface area contributed by atoms with Crippen molar-refractivity contribution < 1.29 is 9.47 Å². The molecule has 246 valence electrons. The Balaban J connectivity index is 1.04. The van der Waals surface area contributed by atoms with Crippen molar-refractivity contribution in [1.29, 1.82) is 0 Å². The van der Waals surface area contributed by atoms with Gasteiger partial charge < -0.3 is 24.6 Å². The van der Waals surface area contributed by atoms with Crippen molar-refractivity contribution in [2.24, 2.45) is 0 Å². The van der Waals surface area contributed by atoms with Gasteiger partial charge in [-0.15, -0.1) is 0 Å². The zero-order valence-electron chi connectivity index (χ0n) is 28.5. The van der Waals surface area contributed by atoms with Gasteiger partial charge in [-0.25, -0.2) is 0 Å². The van der Waals surface area contributed by atoms with Crippen LogP contribution in [0.15, 0.2) is 109 Å². The molecule has 0 unspecified atom stereocenters. The first-order chi connectivity index (χ1) is 22.5. The number of unbranched alkanes of at least 4 members (excludes halogenated alkanes) is 3. The molecule has 5 heteroatoms. The lowest BCUT2D eigenvalue weighted by Gasteiger charge is -2.29. The number of nitrogens with one attached hydrogen (secondary N) is 1. The zero-order chi connectivity index (χ0) is 32.4. The van der Waals surface area contributed by atoms with Gasteiger partial charge in [-0.3, -0.25) is 0 Å². The lowest BCUT2D eigenvalue weighted by molar-refractivity contribution is 0.126. The normalized spacial score (nSPS) is 11.3. The van der Waals surface area contributed by atoms with E-state index in [4.69, 9.17) is 9.47 Å². The van der Waals surface area contributed by atoms with Crippen LogP contribution in [-0.2, 0) is 15.9 Å². The molecule has 0 fully saturated rings. The van der Waals surface area contributed by atoms with Crippen LogP contribution in [0.3, 0.4) is 0 Å². The Morgan fingerprint density at radius 3 is 1.41 bits per heavy atom. The third-order valence-electron chi connectivity index (χ3n) is 8.31. The standard InChI is InChI=1S/C41H55N3O2/c1-34(2)43(40-23-19-37(20-24-40)33-36-15-9-7-10-16-36)27-31-45-29-13-5-6-14-30-46-32-28-44(35(3)4)41-25-21-39(22-26-41)42-38-17-11-8-12-18-38/h7-12,15-26,34-35,42H,5-6,13-14,27-33H2,1-4H3. The SMILES string of the molecule is CC(C)N(CCOCCCCCCOCCN(c1ccc(Nc2ccccc2)cc1)C(C)C)c1ccc(Cc2ccccc2)cc1. The van der Waals surface area contributed by atoms with Crippen LogP contribution >= 0.6 is 0 Å². The largest absolute Gasteiger partial charge is 0.380 e. The van der Waals surface area contributed by atoms with Crippen LogP contribution in [0.4, 0.5) is 22.7 Å². The van der Waals surface area contributed by atoms with Gasteiger partial charge in [0, 0.05) is 61.1 Å². The van der Waals surface area contributed by atoms with Gasteiger partial charge in [0.1, 0.15) is 0 Å². The van der Waals surface area contributed by atoms with Crippen LogP contribution in [0.2, 0.25) is 0 Å². The van der Waals surface area contributed by atoms with E-state index in [9.17, 15) is 0 Å². The fourth-order valence-electron chi connectivity index (χ4n) is 5.72. The molecule has 0 saturated heterocycles. The lowest BCUT2D eigenvalue weighted by Crippen LogP contribution is -2.34. The average molecular weight is 622 g/mol. The molecule has 46 heavy (non-hydrogen) atoms. The summed E-state index contributed by atoms with van der Waals surface area (Å²) in [6.45, 7) is 13.9. The highest BCUT2D eigenvalue weighted by Gasteiger charge is 2.12. The summed E-state index contributed by atoms with van der Waals surface area (Å²) in [5.74, 6) is 0. The second-order valence-corrected chi connectivity index (χ2v) is 12.6. The van der Waals surface area contributed by atoms with Gasteiger partial charge in [-0.1, -0.05) is 73.5 Å². The first-order valence-electron chi connectivity index (χ1n) is 17.2. The van der Waals surface area contributed by atoms with Crippen molar-refractivity contribution in [1.82, 2.24) is 0 Å². The molecular weight excluding hydrogens is 566 g/mol. The minimum atomic E-state index is 0.412. The summed E-state index contributed by atoms with van der Waals surface area (Å²) < 4.78 is 12.0. The highest BCUT2D eigenvalue weighted by Crippen LogP contribution is 2.23. The Bertz CT molecular complexity index is 1240. The van der Waals surface area contributed by atoms with Crippen LogP contribution in [0, 0.1) is 0 Å². The van der Waals surface area contributed by atoms with E-state index in [1.165, 1.54) is 35.3 Å². The third kappa shape index (κ3) is 12.2. The van der Waals surface area contributed by atoms with Crippen LogP contribution in [0.25, 0.3) is 0 Å². The topological polar surface area (TPSA) is 37.0 Å². The Labute approximate surface area is 278 Å². The zero-order valence-corrected chi connectivity index (χ0v) is 28.5. The van der Waals surface area contributed by atoms with E-state index in [0.29, 0.717) is 12.1 Å². The van der Waals surface area contributed by atoms with Crippen molar-refractivity contribution in [3.8, 4) is 0 Å². The first-order valence-corrected chi connectivity index (χ1v) is 17.2. The lowest BCUT2D eigenvalue weighted by atomic mass is 10.0. The summed E-state index contributed by atoms with van der Waals surface area (Å²) in [4.78, 5) is 4.84. The van der Waals surface area contributed by atoms with Crippen molar-refractivity contribution in [2.75, 3.05) is 54.6 Å². The van der Waals surface area contributed by atoms with E-state index in [2.05, 4.69) is 134 Å². The predicted molar refractivity (Wildman–Crippen MR) is 197 cm³/mol. The van der Waals surface area contributed by atoms with Crippen molar-refractivity contribution in [3.05, 3.63) is 120 Å². The quantitative estimate of drug-likeness (QED) is 0.0938. The fourth-order valence-corrected chi connectivity index (χ4v) is 5.72. The molecule has 0 heterocycles. The van der Waals surface area contributed by atoms with E-state index >= 15 is 0 Å². The van der Waals surface area contributed by atoms with Gasteiger partial charge in [0.2, 0.25) is 0 Å². The third-order valence-corrected chi connectivity index (χ3v) is 8.31. The van der Waals surface area contributed by atoms with E-state index in [-0.39, 0.29) is 0 Å². The first kappa shape index (κ1) is 35.1. The molecule has 0 amide bonds. The van der Waals surface area contributed by atoms with E-state index < -0.39 is 0 Å². The highest BCUT2D eigenvalue weighted by molar-refractivity contribution is 5.63. The van der Waals surface area contributed by atoms with Gasteiger partial charge in [0.25, 0.3) is 0 Å². The summed E-state index contributed by atoms with van der Waals surface area (Å²) in [5.41, 5.74) is 7.38. The molecule has 0 aliphatic heterocycles. The minimum Gasteiger partial charge on any atom is -0.380 e. The average Bonchev–Trinajstić information content (AvgIpc) is 3.07. The second-order valence-electron chi connectivity index (χ2n) is 12.6. The number of benzene rings is 4. The molecule has 1 N–H and O–H groups in total. The molecule has 4 aromatic carbocycles. The maximum absolute atomic E-state index is 6.03. The number of nitrogens with zero attached hydrogens (tertiary/aromatic N) is 2. The Morgan fingerprint density at radius 1 is 0.478 bits per heavy atom. The predicted octanol–water partition coefficient (Wildman–Crippen LogP) is 9.74. The number of para-hydroxylation sites is 1. The summed E-state index contributed by atoms with van der Waals surface area (Å²) in [5, 5.41) is 3.46. The van der Waals surface area contributed by atoms with Crippen LogP contribution in [0.1, 0.15) is 64.5 Å². The molecule has 0 aliphatic carbocycles. The summed E-state index contributed by atoms with van der Waals surface area (Å²) >= 11 is 0. The van der Waals surface area contributed by atoms with Crippen molar-refractivity contribution >= 4 is 22.7 Å². The maximum atomic E-state index is 6.03. The monoisotopic (exact) mass is 621 g/mol. The molecular formula is C41H55N3O2.